The molecule has 76 valence electrons. The molecule has 0 atom stereocenters. The lowest BCUT2D eigenvalue weighted by atomic mass is 10.2. The molecule has 0 aromatic carbocycles. The SMILES string of the molecule is CCOC(=O)C(=O)OOC(C)(C)C. The Labute approximate surface area is 76.9 Å². The van der Waals surface area contributed by atoms with Crippen LogP contribution in [0.1, 0.15) is 27.7 Å². The van der Waals surface area contributed by atoms with Crippen LogP contribution < -0.4 is 0 Å². The van der Waals surface area contributed by atoms with Gasteiger partial charge in [0.2, 0.25) is 0 Å². The summed E-state index contributed by atoms with van der Waals surface area (Å²) in [6, 6.07) is 0. The maximum Gasteiger partial charge on any atom is 0.449 e. The summed E-state index contributed by atoms with van der Waals surface area (Å²) in [6.45, 7) is 6.78. The van der Waals surface area contributed by atoms with Crippen molar-refractivity contribution >= 4 is 11.9 Å². The summed E-state index contributed by atoms with van der Waals surface area (Å²) in [7, 11) is 0. The lowest BCUT2D eigenvalue weighted by Crippen LogP contribution is -2.26. The van der Waals surface area contributed by atoms with Crippen LogP contribution in [0.5, 0.6) is 0 Å². The van der Waals surface area contributed by atoms with E-state index in [0.29, 0.717) is 0 Å². The van der Waals surface area contributed by atoms with Crippen LogP contribution in [0.2, 0.25) is 0 Å². The van der Waals surface area contributed by atoms with Crippen LogP contribution in [0.15, 0.2) is 0 Å². The highest BCUT2D eigenvalue weighted by molar-refractivity contribution is 6.29. The third kappa shape index (κ3) is 6.10. The maximum atomic E-state index is 10.8. The molecule has 0 spiro atoms. The van der Waals surface area contributed by atoms with E-state index in [2.05, 4.69) is 14.5 Å². The molecule has 0 rings (SSSR count). The van der Waals surface area contributed by atoms with Gasteiger partial charge in [-0.2, -0.15) is 4.89 Å². The van der Waals surface area contributed by atoms with Gasteiger partial charge in [0, 0.05) is 0 Å². The van der Waals surface area contributed by atoms with Crippen molar-refractivity contribution in [2.45, 2.75) is 33.3 Å². The van der Waals surface area contributed by atoms with Crippen molar-refractivity contribution in [1.82, 2.24) is 0 Å². The van der Waals surface area contributed by atoms with Crippen molar-refractivity contribution in [1.29, 1.82) is 0 Å². The molecule has 0 aliphatic heterocycles. The Balaban J connectivity index is 3.82. The van der Waals surface area contributed by atoms with E-state index in [0.717, 1.165) is 0 Å². The molecule has 0 aliphatic rings. The number of hydrogen-bond acceptors (Lipinski definition) is 5. The fraction of sp³-hybridized carbons (Fsp3) is 0.750. The zero-order valence-electron chi connectivity index (χ0n) is 8.25. The lowest BCUT2D eigenvalue weighted by molar-refractivity contribution is -0.318. The summed E-state index contributed by atoms with van der Waals surface area (Å²) in [6.07, 6.45) is 0. The van der Waals surface area contributed by atoms with Crippen molar-refractivity contribution in [2.75, 3.05) is 6.61 Å². The molecule has 5 heteroatoms. The molecule has 0 aliphatic carbocycles. The average molecular weight is 190 g/mol. The number of carbonyl (C=O) groups is 2. The molecular formula is C8H14O5. The smallest absolute Gasteiger partial charge is 0.449 e. The Bertz CT molecular complexity index is 191. The number of rotatable bonds is 2. The highest BCUT2D eigenvalue weighted by atomic mass is 17.2. The second-order valence-electron chi connectivity index (χ2n) is 3.29. The van der Waals surface area contributed by atoms with Gasteiger partial charge >= 0.3 is 11.9 Å². The molecule has 0 aromatic rings. The molecular weight excluding hydrogens is 176 g/mol. The minimum atomic E-state index is -1.14. The van der Waals surface area contributed by atoms with Gasteiger partial charge in [-0.05, 0) is 27.7 Å². The van der Waals surface area contributed by atoms with Crippen LogP contribution in [-0.4, -0.2) is 24.1 Å². The number of ether oxygens (including phenoxy) is 1. The zero-order valence-corrected chi connectivity index (χ0v) is 8.25. The van der Waals surface area contributed by atoms with Crippen molar-refractivity contribution < 1.29 is 24.1 Å². The first kappa shape index (κ1) is 11.9. The van der Waals surface area contributed by atoms with Crippen molar-refractivity contribution in [3.8, 4) is 0 Å². The van der Waals surface area contributed by atoms with E-state index in [1.54, 1.807) is 27.7 Å². The largest absolute Gasteiger partial charge is 0.457 e. The van der Waals surface area contributed by atoms with Crippen molar-refractivity contribution in [3.63, 3.8) is 0 Å². The van der Waals surface area contributed by atoms with E-state index in [-0.39, 0.29) is 6.61 Å². The highest BCUT2D eigenvalue weighted by Gasteiger charge is 2.21. The zero-order chi connectivity index (χ0) is 10.5. The van der Waals surface area contributed by atoms with E-state index in [1.807, 2.05) is 0 Å². The molecule has 0 radical (unpaired) electrons. The Morgan fingerprint density at radius 1 is 1.15 bits per heavy atom. The first-order valence-corrected chi connectivity index (χ1v) is 3.93. The average Bonchev–Trinajstić information content (AvgIpc) is 1.99. The summed E-state index contributed by atoms with van der Waals surface area (Å²) in [5, 5.41) is 0. The van der Waals surface area contributed by atoms with E-state index in [1.165, 1.54) is 0 Å². The van der Waals surface area contributed by atoms with Crippen LogP contribution in [0.25, 0.3) is 0 Å². The van der Waals surface area contributed by atoms with E-state index < -0.39 is 17.5 Å². The number of esters is 1. The van der Waals surface area contributed by atoms with Gasteiger partial charge < -0.3 is 4.74 Å². The third-order valence-electron chi connectivity index (χ3n) is 0.809. The minimum Gasteiger partial charge on any atom is -0.457 e. The van der Waals surface area contributed by atoms with Crippen LogP contribution in [0.4, 0.5) is 0 Å². The van der Waals surface area contributed by atoms with Gasteiger partial charge in [-0.1, -0.05) is 0 Å². The highest BCUT2D eigenvalue weighted by Crippen LogP contribution is 2.07. The van der Waals surface area contributed by atoms with Crippen molar-refractivity contribution in [2.24, 2.45) is 0 Å². The summed E-state index contributed by atoms with van der Waals surface area (Å²) >= 11 is 0. The molecule has 0 amide bonds. The van der Waals surface area contributed by atoms with Gasteiger partial charge in [-0.25, -0.2) is 9.59 Å². The summed E-state index contributed by atoms with van der Waals surface area (Å²) in [5.74, 6) is -2.19. The second-order valence-corrected chi connectivity index (χ2v) is 3.29. The standard InChI is InChI=1S/C8H14O5/c1-5-11-6(9)7(10)12-13-8(2,3)4/h5H2,1-4H3. The van der Waals surface area contributed by atoms with Gasteiger partial charge in [-0.3, -0.25) is 4.89 Å². The van der Waals surface area contributed by atoms with Gasteiger partial charge in [0.05, 0.1) is 6.61 Å². The maximum absolute atomic E-state index is 10.8. The van der Waals surface area contributed by atoms with Crippen LogP contribution >= 0.6 is 0 Å². The first-order chi connectivity index (χ1) is 5.87. The third-order valence-corrected chi connectivity index (χ3v) is 0.809. The summed E-state index contributed by atoms with van der Waals surface area (Å²) < 4.78 is 4.38. The molecule has 0 aromatic heterocycles. The molecule has 13 heavy (non-hydrogen) atoms. The fourth-order valence-corrected chi connectivity index (χ4v) is 0.387. The number of hydrogen-bond donors (Lipinski definition) is 0. The minimum absolute atomic E-state index is 0.128. The van der Waals surface area contributed by atoms with E-state index in [4.69, 9.17) is 0 Å². The Hall–Kier alpha value is -1.10. The van der Waals surface area contributed by atoms with Gasteiger partial charge in [0.1, 0.15) is 5.60 Å². The van der Waals surface area contributed by atoms with E-state index in [9.17, 15) is 9.59 Å². The Kier molecular flexibility index (Phi) is 4.40. The molecule has 0 N–H and O–H groups in total. The monoisotopic (exact) mass is 190 g/mol. The van der Waals surface area contributed by atoms with Gasteiger partial charge in [0.15, 0.2) is 0 Å². The summed E-state index contributed by atoms with van der Waals surface area (Å²) in [4.78, 5) is 30.3. The molecule has 0 saturated carbocycles. The van der Waals surface area contributed by atoms with Crippen LogP contribution in [0, 0.1) is 0 Å². The second kappa shape index (κ2) is 4.81. The molecule has 0 bridgehead atoms. The predicted molar refractivity (Wildman–Crippen MR) is 43.6 cm³/mol. The molecule has 0 fully saturated rings. The lowest BCUT2D eigenvalue weighted by Gasteiger charge is -2.15. The molecule has 5 nitrogen and oxygen atoms in total. The van der Waals surface area contributed by atoms with E-state index >= 15 is 0 Å². The molecule has 0 unspecified atom stereocenters. The fourth-order valence-electron chi connectivity index (χ4n) is 0.387. The normalized spacial score (nSPS) is 10.8. The topological polar surface area (TPSA) is 61.8 Å². The predicted octanol–water partition coefficient (Wildman–Crippen LogP) is 0.823. The van der Waals surface area contributed by atoms with Crippen LogP contribution in [-0.2, 0) is 24.1 Å². The molecule has 0 saturated heterocycles. The summed E-state index contributed by atoms with van der Waals surface area (Å²) in [5.41, 5.74) is -0.637. The quantitative estimate of drug-likeness (QED) is 0.279. The van der Waals surface area contributed by atoms with Gasteiger partial charge in [0.25, 0.3) is 0 Å². The number of carbonyl (C=O) groups excluding carboxylic acids is 2. The first-order valence-electron chi connectivity index (χ1n) is 3.93. The van der Waals surface area contributed by atoms with Crippen molar-refractivity contribution in [3.05, 3.63) is 0 Å². The Morgan fingerprint density at radius 3 is 2.08 bits per heavy atom. The van der Waals surface area contributed by atoms with Gasteiger partial charge in [-0.15, -0.1) is 0 Å². The molecule has 0 heterocycles. The Morgan fingerprint density at radius 2 is 1.69 bits per heavy atom. The van der Waals surface area contributed by atoms with Crippen LogP contribution in [0.3, 0.4) is 0 Å².